The van der Waals surface area contributed by atoms with Gasteiger partial charge in [0.15, 0.2) is 0 Å². The summed E-state index contributed by atoms with van der Waals surface area (Å²) in [5, 5.41) is 25.8. The maximum Gasteiger partial charge on any atom is 0.335 e. The molecular weight excluding hydrogens is 311 g/mol. The first kappa shape index (κ1) is 17.9. The summed E-state index contributed by atoms with van der Waals surface area (Å²) < 4.78 is 0. The van der Waals surface area contributed by atoms with Crippen molar-refractivity contribution in [2.75, 3.05) is 0 Å². The maximum atomic E-state index is 10.6. The molecule has 0 atom stereocenters. The Morgan fingerprint density at radius 3 is 1.00 bits per heavy atom. The van der Waals surface area contributed by atoms with Crippen LogP contribution in [0.25, 0.3) is 0 Å². The molecule has 8 heteroatoms. The zero-order valence-electron chi connectivity index (χ0n) is 8.30. The molecule has 7 nitrogen and oxygen atoms in total. The van der Waals surface area contributed by atoms with E-state index in [9.17, 15) is 14.4 Å². The second-order valence-corrected chi connectivity index (χ2v) is 2.71. The van der Waals surface area contributed by atoms with Crippen LogP contribution in [-0.4, -0.2) is 38.7 Å². The number of hydrogen-bond acceptors (Lipinski definition) is 3. The number of carboxylic acids is 3. The molecule has 0 heterocycles. The molecule has 0 spiro atoms. The van der Waals surface area contributed by atoms with Gasteiger partial charge in [0.1, 0.15) is 0 Å². The number of carboxylic acid groups (broad SMARTS) is 3. The molecule has 0 radical (unpaired) electrons. The third-order valence-corrected chi connectivity index (χ3v) is 1.67. The van der Waals surface area contributed by atoms with Crippen LogP contribution in [0.4, 0.5) is 0 Å². The number of rotatable bonds is 3. The third-order valence-electron chi connectivity index (χ3n) is 1.67. The Morgan fingerprint density at radius 2 is 0.882 bits per heavy atom. The van der Waals surface area contributed by atoms with Gasteiger partial charge in [-0.05, 0) is 18.2 Å². The van der Waals surface area contributed by atoms with Crippen molar-refractivity contribution >= 4 is 17.9 Å². The predicted molar refractivity (Wildman–Crippen MR) is 50.9 cm³/mol. The molecule has 1 rings (SSSR count). The van der Waals surface area contributed by atoms with Crippen molar-refractivity contribution in [3.63, 3.8) is 0 Å². The van der Waals surface area contributed by atoms with Crippen LogP contribution < -0.4 is 0 Å². The molecule has 0 saturated heterocycles. The Bertz CT molecular complexity index is 376. The summed E-state index contributed by atoms with van der Waals surface area (Å²) in [5.74, 6) is -4.12. The van der Waals surface area contributed by atoms with Crippen molar-refractivity contribution in [3.05, 3.63) is 34.9 Å². The van der Waals surface area contributed by atoms with Crippen molar-refractivity contribution < 1.29 is 61.4 Å². The van der Waals surface area contributed by atoms with E-state index in [-0.39, 0.29) is 48.4 Å². The number of hydrogen-bond donors (Lipinski definition) is 3. The standard InChI is InChI=1S/C9H6O6.H2O.Zr/c10-7(11)4-1-5(8(12)13)3-6(2-4)9(14)15;;/h1-3H,(H,10,11)(H,12,13)(H,14,15);1H2;. The van der Waals surface area contributed by atoms with E-state index in [0.29, 0.717) is 0 Å². The van der Waals surface area contributed by atoms with Crippen LogP contribution in [0.15, 0.2) is 18.2 Å². The quantitative estimate of drug-likeness (QED) is 0.712. The Balaban J connectivity index is 0. The van der Waals surface area contributed by atoms with Gasteiger partial charge in [-0.15, -0.1) is 0 Å². The molecule has 0 bridgehead atoms. The summed E-state index contributed by atoms with van der Waals surface area (Å²) in [5.41, 5.74) is -1.10. The molecule has 17 heavy (non-hydrogen) atoms. The van der Waals surface area contributed by atoms with Gasteiger partial charge in [0.05, 0.1) is 16.7 Å². The van der Waals surface area contributed by atoms with Crippen LogP contribution in [0.5, 0.6) is 0 Å². The van der Waals surface area contributed by atoms with Gasteiger partial charge in [-0.1, -0.05) is 0 Å². The smallest absolute Gasteiger partial charge is 0.335 e. The van der Waals surface area contributed by atoms with E-state index < -0.39 is 17.9 Å². The fourth-order valence-corrected chi connectivity index (χ4v) is 0.998. The van der Waals surface area contributed by atoms with E-state index in [1.165, 1.54) is 0 Å². The average Bonchev–Trinajstić information content (AvgIpc) is 2.16. The summed E-state index contributed by atoms with van der Waals surface area (Å²) >= 11 is 0. The van der Waals surface area contributed by atoms with Crippen molar-refractivity contribution in [2.45, 2.75) is 0 Å². The van der Waals surface area contributed by atoms with Crippen LogP contribution in [0.3, 0.4) is 0 Å². The first-order chi connectivity index (χ1) is 6.91. The van der Waals surface area contributed by atoms with Crippen LogP contribution >= 0.6 is 0 Å². The maximum absolute atomic E-state index is 10.6. The molecule has 0 unspecified atom stereocenters. The van der Waals surface area contributed by atoms with Crippen molar-refractivity contribution in [1.82, 2.24) is 0 Å². The van der Waals surface area contributed by atoms with Gasteiger partial charge in [-0.2, -0.15) is 0 Å². The summed E-state index contributed by atoms with van der Waals surface area (Å²) in [6.07, 6.45) is 0. The minimum atomic E-state index is -1.37. The average molecular weight is 319 g/mol. The number of carbonyl (C=O) groups is 3. The molecule has 0 aromatic heterocycles. The van der Waals surface area contributed by atoms with Crippen molar-refractivity contribution in [1.29, 1.82) is 0 Å². The molecule has 0 saturated carbocycles. The van der Waals surface area contributed by atoms with E-state index in [1.54, 1.807) is 0 Å². The van der Waals surface area contributed by atoms with Gasteiger partial charge in [0, 0.05) is 26.2 Å². The van der Waals surface area contributed by atoms with Crippen LogP contribution in [0.2, 0.25) is 0 Å². The van der Waals surface area contributed by atoms with Gasteiger partial charge < -0.3 is 20.8 Å². The molecule has 0 aliphatic carbocycles. The summed E-state index contributed by atoms with van der Waals surface area (Å²) in [4.78, 5) is 31.7. The molecule has 0 aliphatic heterocycles. The second kappa shape index (κ2) is 6.93. The first-order valence-corrected chi connectivity index (χ1v) is 3.77. The SMILES string of the molecule is O.O=C(O)c1cc(C(=O)O)cc(C(=O)O)c1.[Zr]. The van der Waals surface area contributed by atoms with Crippen LogP contribution in [0.1, 0.15) is 31.1 Å². The van der Waals surface area contributed by atoms with E-state index in [0.717, 1.165) is 18.2 Å². The minimum absolute atomic E-state index is 0. The zero-order chi connectivity index (χ0) is 11.6. The second-order valence-electron chi connectivity index (χ2n) is 2.71. The monoisotopic (exact) mass is 318 g/mol. The van der Waals surface area contributed by atoms with Gasteiger partial charge in [-0.3, -0.25) is 0 Å². The van der Waals surface area contributed by atoms with Crippen molar-refractivity contribution in [2.24, 2.45) is 0 Å². The van der Waals surface area contributed by atoms with Gasteiger partial charge in [-0.25, -0.2) is 14.4 Å². The summed E-state index contributed by atoms with van der Waals surface area (Å²) in [7, 11) is 0. The van der Waals surface area contributed by atoms with Crippen LogP contribution in [0, 0.1) is 0 Å². The molecule has 0 aliphatic rings. The number of aromatic carboxylic acids is 3. The summed E-state index contributed by atoms with van der Waals surface area (Å²) in [6.45, 7) is 0. The van der Waals surface area contributed by atoms with Crippen molar-refractivity contribution in [3.8, 4) is 0 Å². The first-order valence-electron chi connectivity index (χ1n) is 3.77. The van der Waals surface area contributed by atoms with E-state index in [1.807, 2.05) is 0 Å². The largest absolute Gasteiger partial charge is 0.478 e. The Labute approximate surface area is 114 Å². The summed E-state index contributed by atoms with van der Waals surface area (Å²) in [6, 6.07) is 2.70. The normalized spacial score (nSPS) is 8.47. The predicted octanol–water partition coefficient (Wildman–Crippen LogP) is -0.0460. The molecule has 5 N–H and O–H groups in total. The molecule has 90 valence electrons. The minimum Gasteiger partial charge on any atom is -0.478 e. The Hall–Kier alpha value is -1.53. The van der Waals surface area contributed by atoms with E-state index in [4.69, 9.17) is 15.3 Å². The Kier molecular flexibility index (Phi) is 7.28. The van der Waals surface area contributed by atoms with Gasteiger partial charge >= 0.3 is 17.9 Å². The van der Waals surface area contributed by atoms with E-state index >= 15 is 0 Å². The van der Waals surface area contributed by atoms with E-state index in [2.05, 4.69) is 0 Å². The molecule has 1 aromatic rings. The molecule has 1 aromatic carbocycles. The topological polar surface area (TPSA) is 143 Å². The van der Waals surface area contributed by atoms with Gasteiger partial charge in [0.2, 0.25) is 0 Å². The molecule has 0 amide bonds. The zero-order valence-corrected chi connectivity index (χ0v) is 10.8. The Morgan fingerprint density at radius 1 is 0.706 bits per heavy atom. The molecule has 0 fully saturated rings. The molecular formula is C9H8O7Zr. The fraction of sp³-hybridized carbons (Fsp3) is 0. The van der Waals surface area contributed by atoms with Gasteiger partial charge in [0.25, 0.3) is 0 Å². The van der Waals surface area contributed by atoms with Crippen LogP contribution in [-0.2, 0) is 26.2 Å². The third kappa shape index (κ3) is 4.46. The number of benzene rings is 1. The fourth-order valence-electron chi connectivity index (χ4n) is 0.998.